The highest BCUT2D eigenvalue weighted by Gasteiger charge is 2.30. The minimum atomic E-state index is -4.31. The first-order chi connectivity index (χ1) is 9.36. The van der Waals surface area contributed by atoms with Crippen molar-refractivity contribution in [3.63, 3.8) is 0 Å². The lowest BCUT2D eigenvalue weighted by Gasteiger charge is -2.15. The number of aromatic nitrogens is 2. The van der Waals surface area contributed by atoms with E-state index in [0.717, 1.165) is 17.6 Å². The van der Waals surface area contributed by atoms with E-state index in [0.29, 0.717) is 12.1 Å². The van der Waals surface area contributed by atoms with E-state index in [1.165, 1.54) is 12.1 Å². The van der Waals surface area contributed by atoms with Gasteiger partial charge in [0.25, 0.3) is 0 Å². The first kappa shape index (κ1) is 14.6. The quantitative estimate of drug-likeness (QED) is 0.900. The molecule has 0 aliphatic carbocycles. The molecule has 1 aromatic carbocycles. The van der Waals surface area contributed by atoms with Gasteiger partial charge < -0.3 is 10.3 Å². The lowest BCUT2D eigenvalue weighted by molar-refractivity contribution is -0.137. The Morgan fingerprint density at radius 1 is 1.35 bits per heavy atom. The number of imidazole rings is 1. The monoisotopic (exact) mass is 283 g/mol. The van der Waals surface area contributed by atoms with Gasteiger partial charge in [0.05, 0.1) is 5.56 Å². The summed E-state index contributed by atoms with van der Waals surface area (Å²) in [5.41, 5.74) is 0.887. The molecular formula is C14H16F3N3. The molecule has 0 spiro atoms. The van der Waals surface area contributed by atoms with Crippen molar-refractivity contribution >= 4 is 0 Å². The molecule has 6 heteroatoms. The molecule has 0 saturated carbocycles. The number of hydrogen-bond acceptors (Lipinski definition) is 2. The van der Waals surface area contributed by atoms with E-state index in [4.69, 9.17) is 0 Å². The van der Waals surface area contributed by atoms with Crippen LogP contribution in [0.1, 0.15) is 35.6 Å². The van der Waals surface area contributed by atoms with Gasteiger partial charge in [0.1, 0.15) is 5.82 Å². The molecule has 0 bridgehead atoms. The number of alkyl halides is 3. The number of aromatic amines is 1. The molecule has 0 aliphatic rings. The summed E-state index contributed by atoms with van der Waals surface area (Å²) < 4.78 is 38.0. The van der Waals surface area contributed by atoms with Crippen LogP contribution in [-0.2, 0) is 12.7 Å². The fourth-order valence-electron chi connectivity index (χ4n) is 1.93. The lowest BCUT2D eigenvalue weighted by Crippen LogP contribution is -2.19. The number of nitrogens with zero attached hydrogens (tertiary/aromatic N) is 1. The largest absolute Gasteiger partial charge is 0.416 e. The van der Waals surface area contributed by atoms with Crippen molar-refractivity contribution in [3.8, 4) is 0 Å². The van der Waals surface area contributed by atoms with Gasteiger partial charge >= 0.3 is 6.18 Å². The Morgan fingerprint density at radius 3 is 2.70 bits per heavy atom. The summed E-state index contributed by atoms with van der Waals surface area (Å²) in [6.45, 7) is 4.21. The summed E-state index contributed by atoms with van der Waals surface area (Å²) >= 11 is 0. The van der Waals surface area contributed by atoms with E-state index in [9.17, 15) is 13.2 Å². The van der Waals surface area contributed by atoms with Gasteiger partial charge in [-0.15, -0.1) is 0 Å². The number of H-pyrrole nitrogens is 1. The van der Waals surface area contributed by atoms with E-state index in [1.807, 2.05) is 13.8 Å². The zero-order chi connectivity index (χ0) is 14.8. The second-order valence-corrected chi connectivity index (χ2v) is 4.72. The normalized spacial score (nSPS) is 13.4. The van der Waals surface area contributed by atoms with Gasteiger partial charge in [-0.1, -0.05) is 12.1 Å². The second-order valence-electron chi connectivity index (χ2n) is 4.72. The van der Waals surface area contributed by atoms with Crippen LogP contribution in [0.4, 0.5) is 13.2 Å². The average Bonchev–Trinajstić information content (AvgIpc) is 2.81. The molecule has 0 aliphatic heterocycles. The lowest BCUT2D eigenvalue weighted by atomic mass is 10.0. The number of aryl methyl sites for hydroxylation is 1. The molecular weight excluding hydrogens is 267 g/mol. The van der Waals surface area contributed by atoms with E-state index in [1.54, 1.807) is 12.3 Å². The zero-order valence-corrected chi connectivity index (χ0v) is 11.3. The van der Waals surface area contributed by atoms with Crippen LogP contribution < -0.4 is 5.32 Å². The van der Waals surface area contributed by atoms with Crippen LogP contribution in [0.2, 0.25) is 0 Å². The molecule has 0 saturated heterocycles. The highest BCUT2D eigenvalue weighted by atomic mass is 19.4. The van der Waals surface area contributed by atoms with Crippen LogP contribution in [-0.4, -0.2) is 9.97 Å². The maximum absolute atomic E-state index is 12.7. The van der Waals surface area contributed by atoms with Crippen molar-refractivity contribution in [1.29, 1.82) is 0 Å². The van der Waals surface area contributed by atoms with Gasteiger partial charge in [-0.3, -0.25) is 0 Å². The number of benzene rings is 1. The van der Waals surface area contributed by atoms with E-state index in [-0.39, 0.29) is 6.04 Å². The second kappa shape index (κ2) is 5.66. The molecule has 3 nitrogen and oxygen atoms in total. The molecule has 2 rings (SSSR count). The summed E-state index contributed by atoms with van der Waals surface area (Å²) in [6.07, 6.45) is -2.60. The molecule has 1 atom stereocenters. The summed E-state index contributed by atoms with van der Waals surface area (Å²) in [6, 6.07) is 5.19. The highest BCUT2D eigenvalue weighted by Crippen LogP contribution is 2.30. The van der Waals surface area contributed by atoms with Crippen LogP contribution >= 0.6 is 0 Å². The fourth-order valence-corrected chi connectivity index (χ4v) is 1.93. The Hall–Kier alpha value is -1.82. The van der Waals surface area contributed by atoms with Gasteiger partial charge in [0.15, 0.2) is 0 Å². The molecule has 0 fully saturated rings. The number of nitrogens with one attached hydrogen (secondary N) is 2. The third-order valence-electron chi connectivity index (χ3n) is 3.07. The molecule has 0 amide bonds. The predicted molar refractivity (Wildman–Crippen MR) is 70.0 cm³/mol. The Kier molecular flexibility index (Phi) is 4.13. The maximum atomic E-state index is 12.7. The number of halogens is 3. The summed E-state index contributed by atoms with van der Waals surface area (Å²) in [5.74, 6) is 0.813. The van der Waals surface area contributed by atoms with Crippen LogP contribution in [0.15, 0.2) is 30.5 Å². The van der Waals surface area contributed by atoms with Crippen molar-refractivity contribution in [3.05, 3.63) is 53.1 Å². The minimum absolute atomic E-state index is 0.180. The summed E-state index contributed by atoms with van der Waals surface area (Å²) in [7, 11) is 0. The Morgan fingerprint density at radius 2 is 2.10 bits per heavy atom. The first-order valence-electron chi connectivity index (χ1n) is 6.27. The van der Waals surface area contributed by atoms with Crippen LogP contribution in [0.5, 0.6) is 0 Å². The molecule has 0 radical (unpaired) electrons. The topological polar surface area (TPSA) is 40.7 Å². The zero-order valence-electron chi connectivity index (χ0n) is 11.3. The minimum Gasteiger partial charge on any atom is -0.345 e. The van der Waals surface area contributed by atoms with Crippen molar-refractivity contribution in [2.45, 2.75) is 32.6 Å². The smallest absolute Gasteiger partial charge is 0.345 e. The SMILES string of the molecule is Cc1ncc(CNC(C)c2cccc(C(F)(F)F)c2)[nH]1. The molecule has 2 N–H and O–H groups in total. The summed E-state index contributed by atoms with van der Waals surface area (Å²) in [4.78, 5) is 7.13. The third kappa shape index (κ3) is 3.60. The molecule has 1 unspecified atom stereocenters. The molecule has 1 aromatic heterocycles. The molecule has 20 heavy (non-hydrogen) atoms. The van der Waals surface area contributed by atoms with Crippen molar-refractivity contribution < 1.29 is 13.2 Å². The third-order valence-corrected chi connectivity index (χ3v) is 3.07. The van der Waals surface area contributed by atoms with Crippen molar-refractivity contribution in [2.75, 3.05) is 0 Å². The maximum Gasteiger partial charge on any atom is 0.416 e. The Labute approximate surface area is 115 Å². The van der Waals surface area contributed by atoms with Gasteiger partial charge in [-0.25, -0.2) is 4.98 Å². The van der Waals surface area contributed by atoms with Gasteiger partial charge in [-0.05, 0) is 31.5 Å². The molecule has 2 aromatic rings. The number of hydrogen-bond donors (Lipinski definition) is 2. The number of rotatable bonds is 4. The standard InChI is InChI=1S/C14H16F3N3/c1-9(18-7-13-8-19-10(2)20-13)11-4-3-5-12(6-11)14(15,16)17/h3-6,8-9,18H,7H2,1-2H3,(H,19,20). The first-order valence-corrected chi connectivity index (χ1v) is 6.27. The van der Waals surface area contributed by atoms with Crippen molar-refractivity contribution in [2.24, 2.45) is 0 Å². The summed E-state index contributed by atoms with van der Waals surface area (Å²) in [5, 5.41) is 3.17. The van der Waals surface area contributed by atoms with E-state index >= 15 is 0 Å². The van der Waals surface area contributed by atoms with Crippen LogP contribution in [0, 0.1) is 6.92 Å². The van der Waals surface area contributed by atoms with Crippen molar-refractivity contribution in [1.82, 2.24) is 15.3 Å². The fraction of sp³-hybridized carbons (Fsp3) is 0.357. The van der Waals surface area contributed by atoms with Gasteiger partial charge in [-0.2, -0.15) is 13.2 Å². The average molecular weight is 283 g/mol. The van der Waals surface area contributed by atoms with E-state index in [2.05, 4.69) is 15.3 Å². The Bertz CT molecular complexity index is 575. The van der Waals surface area contributed by atoms with Gasteiger partial charge in [0, 0.05) is 24.5 Å². The van der Waals surface area contributed by atoms with E-state index < -0.39 is 11.7 Å². The Balaban J connectivity index is 2.03. The predicted octanol–water partition coefficient (Wildman–Crippen LogP) is 3.59. The molecule has 1 heterocycles. The van der Waals surface area contributed by atoms with Gasteiger partial charge in [0.2, 0.25) is 0 Å². The van der Waals surface area contributed by atoms with Crippen LogP contribution in [0.25, 0.3) is 0 Å². The highest BCUT2D eigenvalue weighted by molar-refractivity contribution is 5.27. The molecule has 108 valence electrons. The van der Waals surface area contributed by atoms with Crippen LogP contribution in [0.3, 0.4) is 0 Å².